The minimum Gasteiger partial charge on any atom is -0.477 e. The zero-order chi connectivity index (χ0) is 21.3. The molecule has 10 heteroatoms. The highest BCUT2D eigenvalue weighted by Gasteiger charge is 2.22. The lowest BCUT2D eigenvalue weighted by Crippen LogP contribution is -2.49. The fourth-order valence-corrected chi connectivity index (χ4v) is 3.47. The molecular formula is C20H24FN7O2. The molecule has 0 saturated carbocycles. The van der Waals surface area contributed by atoms with Gasteiger partial charge in [0.2, 0.25) is 11.8 Å². The van der Waals surface area contributed by atoms with E-state index in [-0.39, 0.29) is 17.1 Å². The Labute approximate surface area is 173 Å². The van der Waals surface area contributed by atoms with Crippen molar-refractivity contribution in [1.29, 1.82) is 0 Å². The number of hydrogen-bond acceptors (Lipinski definition) is 7. The van der Waals surface area contributed by atoms with E-state index in [1.807, 2.05) is 6.92 Å². The van der Waals surface area contributed by atoms with Crippen molar-refractivity contribution in [3.8, 4) is 5.88 Å². The molecule has 0 spiro atoms. The zero-order valence-corrected chi connectivity index (χ0v) is 17.1. The topological polar surface area (TPSA) is 96.7 Å². The molecule has 9 nitrogen and oxygen atoms in total. The lowest BCUT2D eigenvalue weighted by atomic mass is 10.2. The van der Waals surface area contributed by atoms with Crippen molar-refractivity contribution in [2.45, 2.75) is 26.8 Å². The first-order chi connectivity index (χ1) is 14.4. The quantitative estimate of drug-likeness (QED) is 0.661. The number of aryl methyl sites for hydroxylation is 1. The van der Waals surface area contributed by atoms with Crippen molar-refractivity contribution in [2.24, 2.45) is 0 Å². The van der Waals surface area contributed by atoms with E-state index < -0.39 is 11.7 Å². The molecule has 2 N–H and O–H groups in total. The van der Waals surface area contributed by atoms with Crippen LogP contribution in [0.15, 0.2) is 24.7 Å². The summed E-state index contributed by atoms with van der Waals surface area (Å²) < 4.78 is 21.5. The van der Waals surface area contributed by atoms with Gasteiger partial charge in [-0.15, -0.1) is 0 Å². The molecule has 4 heterocycles. The molecule has 0 unspecified atom stereocenters. The Morgan fingerprint density at radius 3 is 3.00 bits per heavy atom. The van der Waals surface area contributed by atoms with E-state index in [2.05, 4.69) is 37.4 Å². The summed E-state index contributed by atoms with van der Waals surface area (Å²) in [6.45, 7) is 8.40. The minimum absolute atomic E-state index is 0.186. The second kappa shape index (κ2) is 8.23. The Morgan fingerprint density at radius 2 is 2.23 bits per heavy atom. The molecule has 1 amide bonds. The van der Waals surface area contributed by atoms with Gasteiger partial charge in [0, 0.05) is 50.3 Å². The van der Waals surface area contributed by atoms with Crippen molar-refractivity contribution in [2.75, 3.05) is 36.5 Å². The van der Waals surface area contributed by atoms with E-state index in [0.29, 0.717) is 30.0 Å². The number of carbonyl (C=O) groups is 1. The fraction of sp³-hybridized carbons (Fsp3) is 0.400. The molecule has 1 aliphatic heterocycles. The van der Waals surface area contributed by atoms with Crippen LogP contribution in [0.4, 0.5) is 16.0 Å². The third-order valence-corrected chi connectivity index (χ3v) is 4.80. The molecule has 0 bridgehead atoms. The van der Waals surface area contributed by atoms with Crippen LogP contribution in [0.5, 0.6) is 5.88 Å². The molecule has 30 heavy (non-hydrogen) atoms. The minimum atomic E-state index is -0.523. The molecule has 1 aliphatic rings. The van der Waals surface area contributed by atoms with Gasteiger partial charge >= 0.3 is 0 Å². The number of imidazole rings is 1. The van der Waals surface area contributed by atoms with E-state index >= 15 is 0 Å². The first kappa shape index (κ1) is 20.0. The summed E-state index contributed by atoms with van der Waals surface area (Å²) in [5, 5.41) is 6.06. The standard InChI is InChI=1S/C20H24FN7O2/c1-4-30-19-15(8-23-20(26-19)27-6-5-22-12(2)9-27)18(29)25-14-7-16(21)17-24-13(3)10-28(17)11-14/h7-8,10-12,22H,4-6,9H2,1-3H3,(H,25,29)/t12-/m0/s1. The second-order valence-corrected chi connectivity index (χ2v) is 7.27. The average Bonchev–Trinajstić information content (AvgIpc) is 3.09. The van der Waals surface area contributed by atoms with Crippen LogP contribution in [0.3, 0.4) is 0 Å². The predicted molar refractivity (Wildman–Crippen MR) is 111 cm³/mol. The molecule has 1 saturated heterocycles. The van der Waals surface area contributed by atoms with Crippen LogP contribution in [0, 0.1) is 12.7 Å². The van der Waals surface area contributed by atoms with Gasteiger partial charge in [-0.05, 0) is 20.8 Å². The fourth-order valence-electron chi connectivity index (χ4n) is 3.47. The van der Waals surface area contributed by atoms with Gasteiger partial charge in [-0.3, -0.25) is 4.79 Å². The maximum atomic E-state index is 14.3. The Hall–Kier alpha value is -3.27. The van der Waals surface area contributed by atoms with Crippen molar-refractivity contribution in [1.82, 2.24) is 24.7 Å². The third-order valence-electron chi connectivity index (χ3n) is 4.80. The van der Waals surface area contributed by atoms with Crippen LogP contribution in [-0.4, -0.2) is 57.5 Å². The van der Waals surface area contributed by atoms with Gasteiger partial charge in [-0.25, -0.2) is 14.4 Å². The van der Waals surface area contributed by atoms with E-state index in [4.69, 9.17) is 4.74 Å². The maximum absolute atomic E-state index is 14.3. The lowest BCUT2D eigenvalue weighted by Gasteiger charge is -2.32. The number of fused-ring (bicyclic) bond motifs is 1. The normalized spacial score (nSPS) is 16.7. The summed E-state index contributed by atoms with van der Waals surface area (Å²) in [4.78, 5) is 27.9. The number of nitrogens with one attached hydrogen (secondary N) is 2. The van der Waals surface area contributed by atoms with E-state index in [1.54, 1.807) is 19.3 Å². The Morgan fingerprint density at radius 1 is 1.40 bits per heavy atom. The lowest BCUT2D eigenvalue weighted by molar-refractivity contribution is 0.102. The SMILES string of the molecule is CCOc1nc(N2CCN[C@@H](C)C2)ncc1C(=O)Nc1cc(F)c2nc(C)cn2c1. The highest BCUT2D eigenvalue weighted by Crippen LogP contribution is 2.22. The summed E-state index contributed by atoms with van der Waals surface area (Å²) in [5.41, 5.74) is 1.37. The number of anilines is 2. The van der Waals surface area contributed by atoms with Crippen LogP contribution in [0.1, 0.15) is 29.9 Å². The number of halogens is 1. The highest BCUT2D eigenvalue weighted by molar-refractivity contribution is 6.05. The third kappa shape index (κ3) is 4.04. The number of hydrogen-bond donors (Lipinski definition) is 2. The molecule has 1 atom stereocenters. The first-order valence-corrected chi connectivity index (χ1v) is 9.89. The summed E-state index contributed by atoms with van der Waals surface area (Å²) in [7, 11) is 0. The number of amides is 1. The molecule has 3 aromatic rings. The summed E-state index contributed by atoms with van der Waals surface area (Å²) in [6.07, 6.45) is 4.74. The largest absolute Gasteiger partial charge is 0.477 e. The monoisotopic (exact) mass is 413 g/mol. The zero-order valence-electron chi connectivity index (χ0n) is 17.1. The molecular weight excluding hydrogens is 389 g/mol. The average molecular weight is 413 g/mol. The summed E-state index contributed by atoms with van der Waals surface area (Å²) in [6, 6.07) is 1.55. The van der Waals surface area contributed by atoms with Gasteiger partial charge < -0.3 is 24.7 Å². The number of pyridine rings is 1. The first-order valence-electron chi connectivity index (χ1n) is 9.89. The van der Waals surface area contributed by atoms with Crippen molar-refractivity contribution in [3.05, 3.63) is 41.7 Å². The molecule has 0 radical (unpaired) electrons. The molecule has 0 aromatic carbocycles. The van der Waals surface area contributed by atoms with Gasteiger partial charge in [0.05, 0.1) is 18.0 Å². The van der Waals surface area contributed by atoms with Gasteiger partial charge in [0.1, 0.15) is 5.56 Å². The maximum Gasteiger partial charge on any atom is 0.262 e. The van der Waals surface area contributed by atoms with Gasteiger partial charge in [-0.1, -0.05) is 0 Å². The van der Waals surface area contributed by atoms with Crippen LogP contribution < -0.4 is 20.3 Å². The van der Waals surface area contributed by atoms with Crippen molar-refractivity contribution < 1.29 is 13.9 Å². The summed E-state index contributed by atoms with van der Waals surface area (Å²) in [5.74, 6) is -0.282. The molecule has 1 fully saturated rings. The van der Waals surface area contributed by atoms with Gasteiger partial charge in [0.15, 0.2) is 11.5 Å². The molecule has 4 rings (SSSR count). The Kier molecular flexibility index (Phi) is 5.49. The molecule has 3 aromatic heterocycles. The smallest absolute Gasteiger partial charge is 0.262 e. The van der Waals surface area contributed by atoms with E-state index in [1.165, 1.54) is 16.7 Å². The Balaban J connectivity index is 1.60. The number of carbonyl (C=O) groups excluding carboxylic acids is 1. The predicted octanol–water partition coefficient (Wildman–Crippen LogP) is 2.02. The van der Waals surface area contributed by atoms with Gasteiger partial charge in [-0.2, -0.15) is 4.98 Å². The van der Waals surface area contributed by atoms with E-state index in [0.717, 1.165) is 19.6 Å². The summed E-state index contributed by atoms with van der Waals surface area (Å²) >= 11 is 0. The van der Waals surface area contributed by atoms with Crippen LogP contribution in [-0.2, 0) is 0 Å². The van der Waals surface area contributed by atoms with E-state index in [9.17, 15) is 9.18 Å². The number of piperazine rings is 1. The van der Waals surface area contributed by atoms with Crippen molar-refractivity contribution >= 4 is 23.2 Å². The number of nitrogens with zero attached hydrogens (tertiary/aromatic N) is 5. The number of ether oxygens (including phenoxy) is 1. The number of rotatable bonds is 5. The van der Waals surface area contributed by atoms with Gasteiger partial charge in [0.25, 0.3) is 5.91 Å². The van der Waals surface area contributed by atoms with Crippen LogP contribution in [0.25, 0.3) is 5.65 Å². The molecule has 158 valence electrons. The van der Waals surface area contributed by atoms with Crippen LogP contribution in [0.2, 0.25) is 0 Å². The highest BCUT2D eigenvalue weighted by atomic mass is 19.1. The second-order valence-electron chi connectivity index (χ2n) is 7.27. The van der Waals surface area contributed by atoms with Crippen LogP contribution >= 0.6 is 0 Å². The van der Waals surface area contributed by atoms with Crippen molar-refractivity contribution in [3.63, 3.8) is 0 Å². The number of aromatic nitrogens is 4. The molecule has 0 aliphatic carbocycles. The Bertz CT molecular complexity index is 1080.